The molecule has 2 saturated heterocycles. The number of carbonyl (C=O) groups is 3. The number of hydrogen-bond acceptors (Lipinski definition) is 5. The largest absolute Gasteiger partial charge is 0.497 e. The summed E-state index contributed by atoms with van der Waals surface area (Å²) in [7, 11) is 3.17. The second-order valence-electron chi connectivity index (χ2n) is 6.07. The molecule has 2 aliphatic rings. The Morgan fingerprint density at radius 1 is 1.28 bits per heavy atom. The minimum Gasteiger partial charge on any atom is -0.497 e. The molecule has 0 aliphatic carbocycles. The summed E-state index contributed by atoms with van der Waals surface area (Å²) < 4.78 is 10.7. The molecular formula is C17H21N3O5. The average Bonchev–Trinajstić information content (AvgIpc) is 3.20. The lowest BCUT2D eigenvalue weighted by atomic mass is 10.0. The molecule has 0 bridgehead atoms. The number of ether oxygens (including phenoxy) is 2. The fourth-order valence-electron chi connectivity index (χ4n) is 3.38. The van der Waals surface area contributed by atoms with Gasteiger partial charge in [0, 0.05) is 18.2 Å². The molecule has 25 heavy (non-hydrogen) atoms. The quantitative estimate of drug-likeness (QED) is 0.774. The minimum atomic E-state index is -0.806. The third kappa shape index (κ3) is 3.38. The molecule has 2 N–H and O–H groups in total. The van der Waals surface area contributed by atoms with Gasteiger partial charge >= 0.3 is 6.03 Å². The van der Waals surface area contributed by atoms with Crippen LogP contribution in [0.1, 0.15) is 30.9 Å². The van der Waals surface area contributed by atoms with Crippen LogP contribution in [0, 0.1) is 0 Å². The van der Waals surface area contributed by atoms with Crippen molar-refractivity contribution in [2.75, 3.05) is 20.8 Å². The molecule has 0 radical (unpaired) electrons. The molecule has 8 nitrogen and oxygen atoms in total. The van der Waals surface area contributed by atoms with Crippen molar-refractivity contribution in [3.05, 3.63) is 23.8 Å². The fraction of sp³-hybridized carbons (Fsp3) is 0.471. The van der Waals surface area contributed by atoms with Gasteiger partial charge in [0.25, 0.3) is 5.91 Å². The van der Waals surface area contributed by atoms with E-state index in [1.54, 1.807) is 25.2 Å². The number of amides is 4. The summed E-state index contributed by atoms with van der Waals surface area (Å²) in [5.41, 5.74) is 0.911. The molecule has 134 valence electrons. The molecule has 2 fully saturated rings. The topological polar surface area (TPSA) is 97.0 Å². The van der Waals surface area contributed by atoms with Gasteiger partial charge in [0.15, 0.2) is 0 Å². The van der Waals surface area contributed by atoms with E-state index >= 15 is 0 Å². The predicted molar refractivity (Wildman–Crippen MR) is 88.3 cm³/mol. The Morgan fingerprint density at radius 3 is 2.72 bits per heavy atom. The third-order valence-electron chi connectivity index (χ3n) is 4.61. The van der Waals surface area contributed by atoms with Gasteiger partial charge in [-0.25, -0.2) is 4.79 Å². The highest BCUT2D eigenvalue weighted by atomic mass is 16.5. The van der Waals surface area contributed by atoms with Crippen LogP contribution in [0.4, 0.5) is 4.79 Å². The first kappa shape index (κ1) is 17.1. The van der Waals surface area contributed by atoms with Gasteiger partial charge in [-0.15, -0.1) is 0 Å². The van der Waals surface area contributed by atoms with E-state index in [1.165, 1.54) is 0 Å². The number of nitrogens with zero attached hydrogens (tertiary/aromatic N) is 1. The summed E-state index contributed by atoms with van der Waals surface area (Å²) in [6, 6.07) is 4.05. The Bertz CT molecular complexity index is 706. The first-order valence-electron chi connectivity index (χ1n) is 8.16. The van der Waals surface area contributed by atoms with Crippen molar-refractivity contribution < 1.29 is 23.9 Å². The summed E-state index contributed by atoms with van der Waals surface area (Å²) in [5.74, 6) is 0.719. The zero-order valence-electron chi connectivity index (χ0n) is 14.2. The lowest BCUT2D eigenvalue weighted by Gasteiger charge is -2.27. The molecule has 4 amide bonds. The molecule has 0 saturated carbocycles. The van der Waals surface area contributed by atoms with Crippen molar-refractivity contribution >= 4 is 17.8 Å². The maximum absolute atomic E-state index is 12.7. The summed E-state index contributed by atoms with van der Waals surface area (Å²) >= 11 is 0. The monoisotopic (exact) mass is 347 g/mol. The molecule has 1 aromatic carbocycles. The average molecular weight is 347 g/mol. The Labute approximate surface area is 145 Å². The lowest BCUT2D eigenvalue weighted by molar-refractivity contribution is -0.134. The Morgan fingerprint density at radius 2 is 2.08 bits per heavy atom. The van der Waals surface area contributed by atoms with Crippen molar-refractivity contribution in [3.8, 4) is 11.5 Å². The van der Waals surface area contributed by atoms with Gasteiger partial charge in [-0.1, -0.05) is 0 Å². The van der Waals surface area contributed by atoms with E-state index in [0.717, 1.165) is 18.4 Å². The maximum atomic E-state index is 12.7. The maximum Gasteiger partial charge on any atom is 0.322 e. The van der Waals surface area contributed by atoms with Crippen molar-refractivity contribution in [2.24, 2.45) is 0 Å². The van der Waals surface area contributed by atoms with E-state index in [4.69, 9.17) is 9.47 Å². The molecule has 8 heteroatoms. The molecule has 0 unspecified atom stereocenters. The molecule has 2 heterocycles. The lowest BCUT2D eigenvalue weighted by Crippen LogP contribution is -2.38. The van der Waals surface area contributed by atoms with Crippen LogP contribution in [0.15, 0.2) is 18.2 Å². The highest BCUT2D eigenvalue weighted by molar-refractivity contribution is 6.05. The smallest absolute Gasteiger partial charge is 0.322 e. The number of urea groups is 1. The second-order valence-corrected chi connectivity index (χ2v) is 6.07. The molecule has 2 atom stereocenters. The van der Waals surface area contributed by atoms with Crippen molar-refractivity contribution in [1.29, 1.82) is 0 Å². The molecule has 0 spiro atoms. The van der Waals surface area contributed by atoms with E-state index < -0.39 is 18.0 Å². The van der Waals surface area contributed by atoms with Crippen molar-refractivity contribution in [2.45, 2.75) is 31.3 Å². The second kappa shape index (κ2) is 7.00. The Hall–Kier alpha value is -2.77. The van der Waals surface area contributed by atoms with Gasteiger partial charge < -0.3 is 19.7 Å². The van der Waals surface area contributed by atoms with Gasteiger partial charge in [-0.2, -0.15) is 0 Å². The van der Waals surface area contributed by atoms with Crippen LogP contribution in [0.25, 0.3) is 0 Å². The summed E-state index contributed by atoms with van der Waals surface area (Å²) in [6.07, 6.45) is 1.64. The molecule has 2 aliphatic heterocycles. The van der Waals surface area contributed by atoms with Crippen molar-refractivity contribution in [1.82, 2.24) is 15.5 Å². The molecule has 3 rings (SSSR count). The van der Waals surface area contributed by atoms with Gasteiger partial charge in [-0.05, 0) is 25.0 Å². The predicted octanol–water partition coefficient (Wildman–Crippen LogP) is 0.965. The van der Waals surface area contributed by atoms with Crippen LogP contribution in [-0.4, -0.2) is 49.6 Å². The number of likely N-dealkylation sites (tertiary alicyclic amines) is 1. The van der Waals surface area contributed by atoms with E-state index in [2.05, 4.69) is 10.6 Å². The van der Waals surface area contributed by atoms with Gasteiger partial charge in [-0.3, -0.25) is 14.9 Å². The normalized spacial score (nSPS) is 22.6. The van der Waals surface area contributed by atoms with Crippen LogP contribution in [-0.2, 0) is 9.59 Å². The number of carbonyl (C=O) groups excluding carboxylic acids is 3. The SMILES string of the molecule is COc1ccc([C@H]2CCCN2C(=O)C[C@@H]2NC(=O)NC2=O)c(OC)c1. The summed E-state index contributed by atoms with van der Waals surface area (Å²) in [4.78, 5) is 37.3. The number of rotatable bonds is 5. The van der Waals surface area contributed by atoms with E-state index in [0.29, 0.717) is 18.0 Å². The summed E-state index contributed by atoms with van der Waals surface area (Å²) in [5, 5.41) is 4.60. The van der Waals surface area contributed by atoms with Crippen molar-refractivity contribution in [3.63, 3.8) is 0 Å². The highest BCUT2D eigenvalue weighted by Gasteiger charge is 2.37. The van der Waals surface area contributed by atoms with Gasteiger partial charge in [0.05, 0.1) is 26.7 Å². The van der Waals surface area contributed by atoms with E-state index in [9.17, 15) is 14.4 Å². The molecule has 1 aromatic rings. The number of imide groups is 1. The number of methoxy groups -OCH3 is 2. The van der Waals surface area contributed by atoms with Crippen LogP contribution in [0.5, 0.6) is 11.5 Å². The third-order valence-corrected chi connectivity index (χ3v) is 4.61. The van der Waals surface area contributed by atoms with Crippen LogP contribution >= 0.6 is 0 Å². The standard InChI is InChI=1S/C17H21N3O5/c1-24-10-5-6-11(14(8-10)25-2)13-4-3-7-20(13)15(21)9-12-16(22)19-17(23)18-12/h5-6,8,12-13H,3-4,7,9H2,1-2H3,(H2,18,19,22,23)/t12-,13+/m0/s1. The first-order chi connectivity index (χ1) is 12.0. The Balaban J connectivity index is 1.77. The summed E-state index contributed by atoms with van der Waals surface area (Å²) in [6.45, 7) is 0.612. The number of hydrogen-bond donors (Lipinski definition) is 2. The first-order valence-corrected chi connectivity index (χ1v) is 8.16. The fourth-order valence-corrected chi connectivity index (χ4v) is 3.38. The molecule has 0 aromatic heterocycles. The van der Waals surface area contributed by atoms with Gasteiger partial charge in [0.1, 0.15) is 17.5 Å². The van der Waals surface area contributed by atoms with Crippen LogP contribution < -0.4 is 20.1 Å². The zero-order valence-corrected chi connectivity index (χ0v) is 14.2. The van der Waals surface area contributed by atoms with Crippen LogP contribution in [0.2, 0.25) is 0 Å². The van der Waals surface area contributed by atoms with E-state index in [1.807, 2.05) is 12.1 Å². The highest BCUT2D eigenvalue weighted by Crippen LogP contribution is 2.39. The minimum absolute atomic E-state index is 0.0491. The van der Waals surface area contributed by atoms with Crippen LogP contribution in [0.3, 0.4) is 0 Å². The zero-order chi connectivity index (χ0) is 18.0. The number of benzene rings is 1. The van der Waals surface area contributed by atoms with Gasteiger partial charge in [0.2, 0.25) is 5.91 Å². The molecular weight excluding hydrogens is 326 g/mol. The number of nitrogens with one attached hydrogen (secondary N) is 2. The van der Waals surface area contributed by atoms with E-state index in [-0.39, 0.29) is 18.4 Å². The Kier molecular flexibility index (Phi) is 4.78.